The molecule has 0 aliphatic heterocycles. The van der Waals surface area contributed by atoms with Crippen LogP contribution in [0.3, 0.4) is 0 Å². The molecule has 7 heteroatoms. The molecule has 0 spiro atoms. The van der Waals surface area contributed by atoms with Crippen LogP contribution in [-0.4, -0.2) is 16.0 Å². The van der Waals surface area contributed by atoms with Crippen LogP contribution in [0.4, 0.5) is 0 Å². The first kappa shape index (κ1) is 14.7. The van der Waals surface area contributed by atoms with Crippen molar-refractivity contribution in [1.82, 2.24) is 15.5 Å². The van der Waals surface area contributed by atoms with Gasteiger partial charge in [0.2, 0.25) is 17.6 Å². The van der Waals surface area contributed by atoms with Crippen LogP contribution in [-0.2, 0) is 11.3 Å². The van der Waals surface area contributed by atoms with Crippen LogP contribution < -0.4 is 5.32 Å². The fourth-order valence-corrected chi connectivity index (χ4v) is 3.15. The van der Waals surface area contributed by atoms with Gasteiger partial charge in [0.05, 0.1) is 11.4 Å². The molecule has 0 atom stereocenters. The number of hydrogen-bond acceptors (Lipinski definition) is 6. The van der Waals surface area contributed by atoms with E-state index in [-0.39, 0.29) is 12.5 Å². The van der Waals surface area contributed by atoms with Gasteiger partial charge < -0.3 is 9.84 Å². The molecule has 3 rings (SSSR count). The van der Waals surface area contributed by atoms with E-state index in [9.17, 15) is 4.79 Å². The molecule has 22 heavy (non-hydrogen) atoms. The Kier molecular flexibility index (Phi) is 4.45. The summed E-state index contributed by atoms with van der Waals surface area (Å²) < 4.78 is 5.14. The van der Waals surface area contributed by atoms with Gasteiger partial charge >= 0.3 is 0 Å². The van der Waals surface area contributed by atoms with Crippen molar-refractivity contribution in [2.24, 2.45) is 0 Å². The van der Waals surface area contributed by atoms with Gasteiger partial charge in [0.15, 0.2) is 0 Å². The third-order valence-electron chi connectivity index (χ3n) is 2.87. The van der Waals surface area contributed by atoms with E-state index in [4.69, 9.17) is 4.52 Å². The average molecular weight is 331 g/mol. The predicted octanol–water partition coefficient (Wildman–Crippen LogP) is 3.58. The molecule has 0 fully saturated rings. The number of thiophene rings is 2. The van der Waals surface area contributed by atoms with E-state index in [1.165, 1.54) is 0 Å². The minimum absolute atomic E-state index is 0.149. The second kappa shape index (κ2) is 6.67. The molecule has 112 valence electrons. The van der Waals surface area contributed by atoms with Crippen molar-refractivity contribution >= 4 is 34.7 Å². The van der Waals surface area contributed by atoms with E-state index >= 15 is 0 Å². The van der Waals surface area contributed by atoms with Crippen LogP contribution in [0.5, 0.6) is 0 Å². The van der Waals surface area contributed by atoms with Crippen molar-refractivity contribution in [2.45, 2.75) is 13.5 Å². The van der Waals surface area contributed by atoms with E-state index < -0.39 is 0 Å². The number of carbonyl (C=O) groups excluding carboxylic acids is 1. The highest BCUT2D eigenvalue weighted by Gasteiger charge is 2.11. The first-order valence-corrected chi connectivity index (χ1v) is 8.35. The Morgan fingerprint density at radius 1 is 1.32 bits per heavy atom. The Morgan fingerprint density at radius 3 is 2.86 bits per heavy atom. The zero-order valence-electron chi connectivity index (χ0n) is 11.8. The van der Waals surface area contributed by atoms with Crippen LogP contribution in [0, 0.1) is 0 Å². The number of hydrogen-bond donors (Lipinski definition) is 1. The summed E-state index contributed by atoms with van der Waals surface area (Å²) >= 11 is 3.13. The quantitative estimate of drug-likeness (QED) is 0.726. The summed E-state index contributed by atoms with van der Waals surface area (Å²) in [5.74, 6) is 0.787. The molecular formula is C15H13N3O2S2. The first-order chi connectivity index (χ1) is 10.7. The van der Waals surface area contributed by atoms with Crippen LogP contribution in [0.1, 0.15) is 17.7 Å². The summed E-state index contributed by atoms with van der Waals surface area (Å²) in [6.45, 7) is 1.99. The van der Waals surface area contributed by atoms with Gasteiger partial charge in [-0.05, 0) is 35.9 Å². The van der Waals surface area contributed by atoms with E-state index in [1.807, 2.05) is 41.1 Å². The molecule has 1 amide bonds. The molecule has 0 aliphatic rings. The number of rotatable bonds is 5. The summed E-state index contributed by atoms with van der Waals surface area (Å²) in [6, 6.07) is 7.77. The van der Waals surface area contributed by atoms with Gasteiger partial charge in [-0.3, -0.25) is 4.79 Å². The predicted molar refractivity (Wildman–Crippen MR) is 87.4 cm³/mol. The Labute approximate surface area is 135 Å². The fourth-order valence-electron chi connectivity index (χ4n) is 1.78. The van der Waals surface area contributed by atoms with E-state index in [1.54, 1.807) is 29.6 Å². The van der Waals surface area contributed by atoms with Crippen molar-refractivity contribution in [3.05, 3.63) is 51.4 Å². The van der Waals surface area contributed by atoms with Crippen LogP contribution in [0.25, 0.3) is 16.8 Å². The standard InChI is InChI=1S/C15H13N3O2S2/c1-10(8-11-4-2-6-21-11)15(19)16-9-13-17-14(18-20-13)12-5-3-7-22-12/h2-8H,9H2,1H3,(H,16,19)/b10-8+. The number of carbonyl (C=O) groups is 1. The van der Waals surface area contributed by atoms with Crippen LogP contribution in [0.15, 0.2) is 45.1 Å². The van der Waals surface area contributed by atoms with E-state index in [0.717, 1.165) is 9.75 Å². The van der Waals surface area contributed by atoms with E-state index in [0.29, 0.717) is 17.3 Å². The van der Waals surface area contributed by atoms with Crippen LogP contribution >= 0.6 is 22.7 Å². The van der Waals surface area contributed by atoms with E-state index in [2.05, 4.69) is 15.5 Å². The van der Waals surface area contributed by atoms with Crippen molar-refractivity contribution in [3.63, 3.8) is 0 Å². The van der Waals surface area contributed by atoms with Crippen LogP contribution in [0.2, 0.25) is 0 Å². The van der Waals surface area contributed by atoms with Crippen molar-refractivity contribution in [2.75, 3.05) is 0 Å². The maximum atomic E-state index is 12.0. The first-order valence-electron chi connectivity index (χ1n) is 6.59. The molecule has 5 nitrogen and oxygen atoms in total. The lowest BCUT2D eigenvalue weighted by Crippen LogP contribution is -2.23. The molecule has 0 radical (unpaired) electrons. The average Bonchev–Trinajstić information content (AvgIpc) is 3.25. The van der Waals surface area contributed by atoms with Crippen molar-refractivity contribution in [1.29, 1.82) is 0 Å². The largest absolute Gasteiger partial charge is 0.343 e. The van der Waals surface area contributed by atoms with Gasteiger partial charge in [0.1, 0.15) is 0 Å². The summed E-state index contributed by atoms with van der Waals surface area (Å²) in [5.41, 5.74) is 0.639. The highest BCUT2D eigenvalue weighted by atomic mass is 32.1. The zero-order chi connectivity index (χ0) is 15.4. The highest BCUT2D eigenvalue weighted by molar-refractivity contribution is 7.13. The molecule has 0 saturated heterocycles. The topological polar surface area (TPSA) is 68.0 Å². The second-order valence-corrected chi connectivity index (χ2v) is 6.44. The number of nitrogens with one attached hydrogen (secondary N) is 1. The minimum Gasteiger partial charge on any atom is -0.343 e. The molecule has 0 bridgehead atoms. The molecule has 3 aromatic heterocycles. The number of nitrogens with zero attached hydrogens (tertiary/aromatic N) is 2. The molecule has 1 N–H and O–H groups in total. The third-order valence-corrected chi connectivity index (χ3v) is 4.56. The Balaban J connectivity index is 1.59. The lowest BCUT2D eigenvalue weighted by Gasteiger charge is -2.01. The molecule has 0 aromatic carbocycles. The van der Waals surface area contributed by atoms with Gasteiger partial charge in [-0.25, -0.2) is 0 Å². The summed E-state index contributed by atoms with van der Waals surface area (Å²) in [6.07, 6.45) is 1.85. The molecule has 0 unspecified atom stereocenters. The molecular weight excluding hydrogens is 318 g/mol. The second-order valence-electron chi connectivity index (χ2n) is 4.51. The summed E-state index contributed by atoms with van der Waals surface area (Å²) in [4.78, 5) is 18.3. The number of aromatic nitrogens is 2. The molecule has 3 heterocycles. The molecule has 3 aromatic rings. The summed E-state index contributed by atoms with van der Waals surface area (Å²) in [5, 5.41) is 10.6. The van der Waals surface area contributed by atoms with Gasteiger partial charge in [0.25, 0.3) is 0 Å². The maximum Gasteiger partial charge on any atom is 0.247 e. The smallest absolute Gasteiger partial charge is 0.247 e. The third kappa shape index (κ3) is 3.49. The fraction of sp³-hybridized carbons (Fsp3) is 0.133. The SMILES string of the molecule is C/C(=C\c1cccs1)C(=O)NCc1nc(-c2cccs2)no1. The molecule has 0 aliphatic carbocycles. The number of amides is 1. The highest BCUT2D eigenvalue weighted by Crippen LogP contribution is 2.21. The maximum absolute atomic E-state index is 12.0. The normalized spacial score (nSPS) is 11.6. The lowest BCUT2D eigenvalue weighted by atomic mass is 10.2. The lowest BCUT2D eigenvalue weighted by molar-refractivity contribution is -0.117. The van der Waals surface area contributed by atoms with Gasteiger partial charge in [-0.15, -0.1) is 22.7 Å². The van der Waals surface area contributed by atoms with Gasteiger partial charge in [-0.1, -0.05) is 17.3 Å². The molecule has 0 saturated carbocycles. The van der Waals surface area contributed by atoms with Gasteiger partial charge in [0, 0.05) is 10.5 Å². The zero-order valence-corrected chi connectivity index (χ0v) is 13.4. The Hall–Kier alpha value is -2.25. The monoisotopic (exact) mass is 331 g/mol. The van der Waals surface area contributed by atoms with Gasteiger partial charge in [-0.2, -0.15) is 4.98 Å². The summed E-state index contributed by atoms with van der Waals surface area (Å²) in [7, 11) is 0. The minimum atomic E-state index is -0.149. The van der Waals surface area contributed by atoms with Crippen molar-refractivity contribution < 1.29 is 9.32 Å². The Morgan fingerprint density at radius 2 is 2.14 bits per heavy atom. The Bertz CT molecular complexity index is 774. The van der Waals surface area contributed by atoms with Crippen molar-refractivity contribution in [3.8, 4) is 10.7 Å².